The van der Waals surface area contributed by atoms with Crippen molar-refractivity contribution in [3.05, 3.63) is 22.1 Å². The van der Waals surface area contributed by atoms with E-state index in [1.165, 1.54) is 4.88 Å². The van der Waals surface area contributed by atoms with E-state index >= 15 is 0 Å². The van der Waals surface area contributed by atoms with E-state index in [4.69, 9.17) is 5.73 Å². The summed E-state index contributed by atoms with van der Waals surface area (Å²) in [6, 6.07) is 1.86. The lowest BCUT2D eigenvalue weighted by Crippen LogP contribution is -2.08. The van der Waals surface area contributed by atoms with Crippen molar-refractivity contribution in [3.8, 4) is 0 Å². The third kappa shape index (κ3) is 4.06. The Morgan fingerprint density at radius 3 is 2.60 bits per heavy atom. The van der Waals surface area contributed by atoms with Crippen molar-refractivity contribution in [2.24, 2.45) is 0 Å². The van der Waals surface area contributed by atoms with Crippen LogP contribution in [0.3, 0.4) is 0 Å². The van der Waals surface area contributed by atoms with Crippen LogP contribution < -0.4 is 16.4 Å². The molecule has 2 aromatic rings. The molecule has 0 atom stereocenters. The summed E-state index contributed by atoms with van der Waals surface area (Å²) in [7, 11) is 0. The molecule has 0 aromatic carbocycles. The molecule has 0 aliphatic carbocycles. The van der Waals surface area contributed by atoms with Gasteiger partial charge in [-0.05, 0) is 12.8 Å². The molecule has 0 amide bonds. The summed E-state index contributed by atoms with van der Waals surface area (Å²) in [5.74, 6) is 1.72. The first kappa shape index (κ1) is 14.5. The van der Waals surface area contributed by atoms with Gasteiger partial charge in [-0.2, -0.15) is 9.97 Å². The van der Waals surface area contributed by atoms with Crippen molar-refractivity contribution in [3.63, 3.8) is 0 Å². The Kier molecular flexibility index (Phi) is 5.11. The zero-order chi connectivity index (χ0) is 14.4. The van der Waals surface area contributed by atoms with Crippen LogP contribution in [0.15, 0.2) is 12.3 Å². The fourth-order valence-electron chi connectivity index (χ4n) is 1.66. The van der Waals surface area contributed by atoms with Gasteiger partial charge in [0.15, 0.2) is 0 Å². The van der Waals surface area contributed by atoms with Crippen molar-refractivity contribution in [1.29, 1.82) is 0 Å². The van der Waals surface area contributed by atoms with E-state index in [2.05, 4.69) is 39.4 Å². The lowest BCUT2D eigenvalue weighted by Gasteiger charge is -2.08. The van der Waals surface area contributed by atoms with Crippen LogP contribution >= 0.6 is 11.3 Å². The molecule has 0 bridgehead atoms. The molecule has 0 saturated carbocycles. The van der Waals surface area contributed by atoms with Crippen LogP contribution in [0, 0.1) is 0 Å². The van der Waals surface area contributed by atoms with Crippen LogP contribution in [0.25, 0.3) is 0 Å². The van der Waals surface area contributed by atoms with Crippen LogP contribution in [-0.2, 0) is 13.0 Å². The zero-order valence-corrected chi connectivity index (χ0v) is 12.6. The molecule has 0 aliphatic rings. The van der Waals surface area contributed by atoms with Crippen molar-refractivity contribution >= 4 is 28.9 Å². The fourth-order valence-corrected chi connectivity index (χ4v) is 2.46. The molecule has 0 radical (unpaired) electrons. The van der Waals surface area contributed by atoms with Crippen molar-refractivity contribution in [2.75, 3.05) is 22.9 Å². The molecule has 4 N–H and O–H groups in total. The van der Waals surface area contributed by atoms with Gasteiger partial charge in [-0.15, -0.1) is 11.3 Å². The zero-order valence-electron chi connectivity index (χ0n) is 11.8. The molecule has 20 heavy (non-hydrogen) atoms. The lowest BCUT2D eigenvalue weighted by molar-refractivity contribution is 0.965. The third-order valence-electron chi connectivity index (χ3n) is 2.67. The first-order valence-electron chi connectivity index (χ1n) is 6.77. The molecule has 0 saturated heterocycles. The molecule has 2 aromatic heterocycles. The second-order valence-corrected chi connectivity index (χ2v) is 5.55. The molecular weight excluding hydrogens is 272 g/mol. The van der Waals surface area contributed by atoms with Gasteiger partial charge in [0.1, 0.15) is 16.6 Å². The van der Waals surface area contributed by atoms with Gasteiger partial charge in [-0.25, -0.2) is 4.98 Å². The Labute approximate surface area is 122 Å². The van der Waals surface area contributed by atoms with E-state index in [1.807, 2.05) is 12.3 Å². The summed E-state index contributed by atoms with van der Waals surface area (Å²) in [4.78, 5) is 14.0. The summed E-state index contributed by atoms with van der Waals surface area (Å²) in [6.07, 6.45) is 3.97. The second kappa shape index (κ2) is 7.04. The number of hydrogen-bond donors (Lipinski definition) is 3. The molecular formula is C13H20N6S. The fraction of sp³-hybridized carbons (Fsp3) is 0.462. The topological polar surface area (TPSA) is 88.8 Å². The minimum absolute atomic E-state index is 0.266. The molecule has 0 unspecified atom stereocenters. The van der Waals surface area contributed by atoms with Gasteiger partial charge in [-0.1, -0.05) is 13.8 Å². The van der Waals surface area contributed by atoms with Crippen LogP contribution in [0.5, 0.6) is 0 Å². The van der Waals surface area contributed by atoms with Crippen LogP contribution in [0.4, 0.5) is 17.6 Å². The Balaban J connectivity index is 1.99. The highest BCUT2D eigenvalue weighted by molar-refractivity contribution is 7.11. The third-order valence-corrected chi connectivity index (χ3v) is 3.81. The predicted octanol–water partition coefficient (Wildman–Crippen LogP) is 2.51. The highest BCUT2D eigenvalue weighted by atomic mass is 32.1. The maximum atomic E-state index is 5.71. The Morgan fingerprint density at radius 1 is 1.20 bits per heavy atom. The Hall–Kier alpha value is -1.89. The Bertz CT molecular complexity index is 554. The first-order chi connectivity index (χ1) is 9.71. The van der Waals surface area contributed by atoms with E-state index < -0.39 is 0 Å². The van der Waals surface area contributed by atoms with E-state index in [-0.39, 0.29) is 5.95 Å². The Morgan fingerprint density at radius 2 is 1.95 bits per heavy atom. The molecule has 7 heteroatoms. The number of thiazole rings is 1. The van der Waals surface area contributed by atoms with E-state index in [0.29, 0.717) is 12.4 Å². The van der Waals surface area contributed by atoms with Crippen molar-refractivity contribution < 1.29 is 0 Å². The van der Waals surface area contributed by atoms with Gasteiger partial charge in [0.2, 0.25) is 5.95 Å². The van der Waals surface area contributed by atoms with E-state index in [0.717, 1.165) is 30.2 Å². The summed E-state index contributed by atoms with van der Waals surface area (Å²) in [5, 5.41) is 7.48. The van der Waals surface area contributed by atoms with Gasteiger partial charge in [-0.3, -0.25) is 0 Å². The van der Waals surface area contributed by atoms with Gasteiger partial charge >= 0.3 is 0 Å². The predicted molar refractivity (Wildman–Crippen MR) is 84.0 cm³/mol. The normalized spacial score (nSPS) is 10.5. The molecule has 0 fully saturated rings. The number of hydrogen-bond acceptors (Lipinski definition) is 7. The summed E-state index contributed by atoms with van der Waals surface area (Å²) in [6.45, 7) is 5.74. The first-order valence-corrected chi connectivity index (χ1v) is 7.58. The van der Waals surface area contributed by atoms with Gasteiger partial charge in [0.05, 0.1) is 6.54 Å². The standard InChI is InChI=1S/C13H20N6S/c1-3-5-15-10-6-11(19-13(14)18-10)16-8-12-17-7-9(4-2)20-12/h6-7H,3-5,8H2,1-2H3,(H4,14,15,16,18,19). The van der Waals surface area contributed by atoms with Gasteiger partial charge in [0.25, 0.3) is 0 Å². The molecule has 6 nitrogen and oxygen atoms in total. The van der Waals surface area contributed by atoms with Gasteiger partial charge < -0.3 is 16.4 Å². The average molecular weight is 292 g/mol. The smallest absolute Gasteiger partial charge is 0.223 e. The highest BCUT2D eigenvalue weighted by Gasteiger charge is 2.04. The number of nitrogen functional groups attached to an aromatic ring is 1. The maximum Gasteiger partial charge on any atom is 0.223 e. The summed E-state index contributed by atoms with van der Waals surface area (Å²) < 4.78 is 0. The molecule has 108 valence electrons. The van der Waals surface area contributed by atoms with Crippen molar-refractivity contribution in [2.45, 2.75) is 33.2 Å². The number of aryl methyl sites for hydroxylation is 1. The second-order valence-electron chi connectivity index (χ2n) is 4.35. The van der Waals surface area contributed by atoms with Crippen LogP contribution in [0.2, 0.25) is 0 Å². The minimum Gasteiger partial charge on any atom is -0.370 e. The number of nitrogens with zero attached hydrogens (tertiary/aromatic N) is 3. The highest BCUT2D eigenvalue weighted by Crippen LogP contribution is 2.17. The number of aromatic nitrogens is 3. The summed E-state index contributed by atoms with van der Waals surface area (Å²) in [5.41, 5.74) is 5.71. The van der Waals surface area contributed by atoms with E-state index in [1.54, 1.807) is 11.3 Å². The maximum absolute atomic E-state index is 5.71. The molecule has 0 spiro atoms. The number of nitrogens with two attached hydrogens (primary N) is 1. The SMILES string of the molecule is CCCNc1cc(NCc2ncc(CC)s2)nc(N)n1. The monoisotopic (exact) mass is 292 g/mol. The quantitative estimate of drug-likeness (QED) is 0.726. The molecule has 0 aliphatic heterocycles. The number of rotatable bonds is 7. The van der Waals surface area contributed by atoms with Crippen molar-refractivity contribution in [1.82, 2.24) is 15.0 Å². The van der Waals surface area contributed by atoms with Gasteiger partial charge in [0, 0.05) is 23.7 Å². The largest absolute Gasteiger partial charge is 0.370 e. The van der Waals surface area contributed by atoms with Crippen LogP contribution in [0.1, 0.15) is 30.2 Å². The molecule has 2 rings (SSSR count). The average Bonchev–Trinajstić information content (AvgIpc) is 2.90. The van der Waals surface area contributed by atoms with Crippen LogP contribution in [-0.4, -0.2) is 21.5 Å². The van der Waals surface area contributed by atoms with E-state index in [9.17, 15) is 0 Å². The number of nitrogens with one attached hydrogen (secondary N) is 2. The minimum atomic E-state index is 0.266. The lowest BCUT2D eigenvalue weighted by atomic mass is 10.4. The molecule has 2 heterocycles. The number of anilines is 3. The summed E-state index contributed by atoms with van der Waals surface area (Å²) >= 11 is 1.71.